The molecule has 0 bridgehead atoms. The largest absolute Gasteiger partial charge is 0.349 e. The van der Waals surface area contributed by atoms with Crippen LogP contribution in [0, 0.1) is 0 Å². The second-order valence-corrected chi connectivity index (χ2v) is 4.77. The standard InChI is InChI=1S/C12H20N8/c1-4-12(3,5-2)18-9-15-10(19-13)17-11(16-9)20-8-6-7-14-20/h6-8H,4-5,13H2,1-3H3,(H2,15,16,17,18,19). The molecule has 108 valence electrons. The summed E-state index contributed by atoms with van der Waals surface area (Å²) in [6.07, 6.45) is 5.34. The highest BCUT2D eigenvalue weighted by Gasteiger charge is 2.21. The Morgan fingerprint density at radius 1 is 1.20 bits per heavy atom. The number of nitrogens with one attached hydrogen (secondary N) is 2. The summed E-state index contributed by atoms with van der Waals surface area (Å²) >= 11 is 0. The molecule has 0 saturated heterocycles. The Bertz CT molecular complexity index is 547. The maximum absolute atomic E-state index is 5.41. The first-order chi connectivity index (χ1) is 9.60. The normalized spacial score (nSPS) is 11.4. The molecule has 0 atom stereocenters. The quantitative estimate of drug-likeness (QED) is 0.539. The number of hydrazine groups is 1. The third-order valence-corrected chi connectivity index (χ3v) is 3.44. The van der Waals surface area contributed by atoms with E-state index in [1.807, 2.05) is 0 Å². The Morgan fingerprint density at radius 3 is 2.45 bits per heavy atom. The Labute approximate surface area is 117 Å². The molecular weight excluding hydrogens is 256 g/mol. The lowest BCUT2D eigenvalue weighted by molar-refractivity contribution is 0.474. The summed E-state index contributed by atoms with van der Waals surface area (Å²) in [4.78, 5) is 12.8. The minimum absolute atomic E-state index is 0.0748. The van der Waals surface area contributed by atoms with E-state index >= 15 is 0 Å². The Hall–Kier alpha value is -2.22. The second-order valence-electron chi connectivity index (χ2n) is 4.77. The molecule has 0 spiro atoms. The van der Waals surface area contributed by atoms with Gasteiger partial charge in [0.05, 0.1) is 0 Å². The van der Waals surface area contributed by atoms with Crippen LogP contribution < -0.4 is 16.6 Å². The van der Waals surface area contributed by atoms with Crippen molar-refractivity contribution in [3.8, 4) is 5.95 Å². The molecule has 0 fully saturated rings. The smallest absolute Gasteiger partial charge is 0.257 e. The highest BCUT2D eigenvalue weighted by atomic mass is 15.4. The van der Waals surface area contributed by atoms with Crippen molar-refractivity contribution >= 4 is 11.9 Å². The average molecular weight is 276 g/mol. The van der Waals surface area contributed by atoms with E-state index in [1.165, 1.54) is 0 Å². The number of hydrogen-bond donors (Lipinski definition) is 3. The van der Waals surface area contributed by atoms with Gasteiger partial charge in [-0.2, -0.15) is 20.1 Å². The lowest BCUT2D eigenvalue weighted by atomic mass is 9.96. The van der Waals surface area contributed by atoms with Crippen molar-refractivity contribution in [3.05, 3.63) is 18.5 Å². The fourth-order valence-corrected chi connectivity index (χ4v) is 1.67. The molecule has 0 amide bonds. The van der Waals surface area contributed by atoms with Crippen LogP contribution in [0.1, 0.15) is 33.6 Å². The molecule has 2 rings (SSSR count). The zero-order valence-electron chi connectivity index (χ0n) is 12.0. The van der Waals surface area contributed by atoms with Gasteiger partial charge in [-0.3, -0.25) is 5.43 Å². The Balaban J connectivity index is 2.36. The monoisotopic (exact) mass is 276 g/mol. The van der Waals surface area contributed by atoms with Gasteiger partial charge in [0.25, 0.3) is 5.95 Å². The van der Waals surface area contributed by atoms with E-state index in [1.54, 1.807) is 23.1 Å². The van der Waals surface area contributed by atoms with E-state index in [0.29, 0.717) is 17.8 Å². The molecule has 0 aliphatic rings. The second kappa shape index (κ2) is 5.83. The van der Waals surface area contributed by atoms with Crippen molar-refractivity contribution in [2.24, 2.45) is 5.84 Å². The van der Waals surface area contributed by atoms with Gasteiger partial charge in [-0.05, 0) is 25.8 Å². The lowest BCUT2D eigenvalue weighted by Crippen LogP contribution is -2.34. The van der Waals surface area contributed by atoms with E-state index < -0.39 is 0 Å². The van der Waals surface area contributed by atoms with E-state index in [-0.39, 0.29) is 5.54 Å². The van der Waals surface area contributed by atoms with Gasteiger partial charge in [0.1, 0.15) is 0 Å². The molecule has 0 aliphatic carbocycles. The predicted octanol–water partition coefficient (Wildman–Crippen LogP) is 1.33. The molecule has 0 aromatic carbocycles. The van der Waals surface area contributed by atoms with Crippen LogP contribution in [0.3, 0.4) is 0 Å². The van der Waals surface area contributed by atoms with Crippen molar-refractivity contribution in [1.82, 2.24) is 24.7 Å². The van der Waals surface area contributed by atoms with Gasteiger partial charge in [0.2, 0.25) is 11.9 Å². The predicted molar refractivity (Wildman–Crippen MR) is 77.4 cm³/mol. The third kappa shape index (κ3) is 3.02. The molecule has 0 unspecified atom stereocenters. The van der Waals surface area contributed by atoms with Crippen molar-refractivity contribution in [1.29, 1.82) is 0 Å². The van der Waals surface area contributed by atoms with Gasteiger partial charge in [-0.25, -0.2) is 10.5 Å². The topological polar surface area (TPSA) is 107 Å². The third-order valence-electron chi connectivity index (χ3n) is 3.44. The molecule has 8 nitrogen and oxygen atoms in total. The van der Waals surface area contributed by atoms with Crippen LogP contribution in [0.15, 0.2) is 18.5 Å². The van der Waals surface area contributed by atoms with Crippen molar-refractivity contribution in [3.63, 3.8) is 0 Å². The average Bonchev–Trinajstić information content (AvgIpc) is 3.01. The van der Waals surface area contributed by atoms with Crippen molar-refractivity contribution in [2.45, 2.75) is 39.2 Å². The van der Waals surface area contributed by atoms with Gasteiger partial charge in [0.15, 0.2) is 0 Å². The maximum Gasteiger partial charge on any atom is 0.257 e. The SMILES string of the molecule is CCC(C)(CC)Nc1nc(NN)nc(-n2cccn2)n1. The van der Waals surface area contributed by atoms with Gasteiger partial charge in [0, 0.05) is 17.9 Å². The summed E-state index contributed by atoms with van der Waals surface area (Å²) in [6, 6.07) is 1.80. The van der Waals surface area contributed by atoms with Crippen LogP contribution in [0.4, 0.5) is 11.9 Å². The number of rotatable bonds is 6. The molecule has 0 radical (unpaired) electrons. The van der Waals surface area contributed by atoms with E-state index in [4.69, 9.17) is 5.84 Å². The molecular formula is C12H20N8. The fraction of sp³-hybridized carbons (Fsp3) is 0.500. The zero-order chi connectivity index (χ0) is 14.6. The Kier molecular flexibility index (Phi) is 4.14. The van der Waals surface area contributed by atoms with Gasteiger partial charge in [-0.15, -0.1) is 0 Å². The number of nitrogens with two attached hydrogens (primary N) is 1. The number of anilines is 2. The van der Waals surface area contributed by atoms with Crippen LogP contribution in [-0.4, -0.2) is 30.3 Å². The molecule has 2 aromatic heterocycles. The van der Waals surface area contributed by atoms with E-state index in [9.17, 15) is 0 Å². The van der Waals surface area contributed by atoms with E-state index in [2.05, 4.69) is 51.6 Å². The molecule has 0 saturated carbocycles. The summed E-state index contributed by atoms with van der Waals surface area (Å²) in [5, 5.41) is 7.44. The van der Waals surface area contributed by atoms with E-state index in [0.717, 1.165) is 12.8 Å². The lowest BCUT2D eigenvalue weighted by Gasteiger charge is -2.28. The van der Waals surface area contributed by atoms with Crippen molar-refractivity contribution < 1.29 is 0 Å². The summed E-state index contributed by atoms with van der Waals surface area (Å²) in [5.41, 5.74) is 2.37. The summed E-state index contributed by atoms with van der Waals surface area (Å²) < 4.78 is 1.56. The van der Waals surface area contributed by atoms with Crippen LogP contribution >= 0.6 is 0 Å². The molecule has 20 heavy (non-hydrogen) atoms. The number of nitrogen functional groups attached to an aromatic ring is 1. The maximum atomic E-state index is 5.41. The summed E-state index contributed by atoms with van der Waals surface area (Å²) in [6.45, 7) is 6.36. The number of hydrogen-bond acceptors (Lipinski definition) is 7. The molecule has 2 aromatic rings. The minimum Gasteiger partial charge on any atom is -0.349 e. The minimum atomic E-state index is -0.0748. The first-order valence-corrected chi connectivity index (χ1v) is 6.61. The molecule has 4 N–H and O–H groups in total. The highest BCUT2D eigenvalue weighted by Crippen LogP contribution is 2.20. The molecule has 2 heterocycles. The Morgan fingerprint density at radius 2 is 1.90 bits per heavy atom. The van der Waals surface area contributed by atoms with Crippen molar-refractivity contribution in [2.75, 3.05) is 10.7 Å². The van der Waals surface area contributed by atoms with Crippen LogP contribution in [0.2, 0.25) is 0 Å². The molecule has 0 aliphatic heterocycles. The van der Waals surface area contributed by atoms with Crippen LogP contribution in [0.25, 0.3) is 5.95 Å². The number of nitrogens with zero attached hydrogens (tertiary/aromatic N) is 5. The zero-order valence-corrected chi connectivity index (χ0v) is 12.0. The summed E-state index contributed by atoms with van der Waals surface area (Å²) in [7, 11) is 0. The van der Waals surface area contributed by atoms with Crippen LogP contribution in [0.5, 0.6) is 0 Å². The first kappa shape index (κ1) is 14.2. The first-order valence-electron chi connectivity index (χ1n) is 6.61. The summed E-state index contributed by atoms with van der Waals surface area (Å²) in [5.74, 6) is 6.59. The fourth-order valence-electron chi connectivity index (χ4n) is 1.67. The number of aromatic nitrogens is 5. The van der Waals surface area contributed by atoms with Gasteiger partial charge < -0.3 is 5.32 Å². The molecule has 8 heteroatoms. The van der Waals surface area contributed by atoms with Crippen LogP contribution in [-0.2, 0) is 0 Å². The highest BCUT2D eigenvalue weighted by molar-refractivity contribution is 5.38. The van der Waals surface area contributed by atoms with Gasteiger partial charge in [-0.1, -0.05) is 13.8 Å². The van der Waals surface area contributed by atoms with Gasteiger partial charge >= 0.3 is 0 Å².